The molecule has 1 aromatic carbocycles. The summed E-state index contributed by atoms with van der Waals surface area (Å²) < 4.78 is 5.65. The maximum absolute atomic E-state index is 10.9. The molecule has 5 heteroatoms. The Bertz CT molecular complexity index is 376. The van der Waals surface area contributed by atoms with E-state index in [4.69, 9.17) is 9.84 Å². The highest BCUT2D eigenvalue weighted by Crippen LogP contribution is 2.17. The van der Waals surface area contributed by atoms with E-state index in [9.17, 15) is 9.59 Å². The lowest BCUT2D eigenvalue weighted by atomic mass is 10.1. The van der Waals surface area contributed by atoms with Crippen LogP contribution in [0.3, 0.4) is 0 Å². The zero-order valence-corrected chi connectivity index (χ0v) is 9.36. The van der Waals surface area contributed by atoms with Crippen molar-refractivity contribution in [3.63, 3.8) is 0 Å². The summed E-state index contributed by atoms with van der Waals surface area (Å²) in [6, 6.07) is 4.88. The molecule has 0 saturated heterocycles. The molecule has 0 fully saturated rings. The van der Waals surface area contributed by atoms with Crippen molar-refractivity contribution in [1.29, 1.82) is 0 Å². The van der Waals surface area contributed by atoms with Gasteiger partial charge in [0.1, 0.15) is 12.9 Å². The van der Waals surface area contributed by atoms with E-state index >= 15 is 0 Å². The van der Waals surface area contributed by atoms with Crippen molar-refractivity contribution in [2.75, 3.05) is 6.61 Å². The molecule has 15 heavy (non-hydrogen) atoms. The van der Waals surface area contributed by atoms with Gasteiger partial charge in [0.2, 0.25) is 0 Å². The minimum absolute atomic E-state index is 0.0326. The molecule has 0 saturated carbocycles. The molecule has 0 unspecified atom stereocenters. The lowest BCUT2D eigenvalue weighted by Crippen LogP contribution is -2.05. The van der Waals surface area contributed by atoms with Crippen LogP contribution in [0.2, 0.25) is 0 Å². The van der Waals surface area contributed by atoms with Gasteiger partial charge in [-0.2, -0.15) is 0 Å². The SMILES string of the molecule is O=CCOCc1ccc(Br)cc1C(=O)O. The number of ether oxygens (including phenoxy) is 1. The number of halogens is 1. The van der Waals surface area contributed by atoms with Gasteiger partial charge in [0, 0.05) is 4.47 Å². The van der Waals surface area contributed by atoms with Gasteiger partial charge in [-0.1, -0.05) is 22.0 Å². The highest BCUT2D eigenvalue weighted by molar-refractivity contribution is 9.10. The highest BCUT2D eigenvalue weighted by Gasteiger charge is 2.10. The van der Waals surface area contributed by atoms with Gasteiger partial charge in [0.15, 0.2) is 0 Å². The zero-order chi connectivity index (χ0) is 11.3. The van der Waals surface area contributed by atoms with Gasteiger partial charge in [-0.05, 0) is 17.7 Å². The van der Waals surface area contributed by atoms with Crippen LogP contribution >= 0.6 is 15.9 Å². The number of carbonyl (C=O) groups is 2. The number of carboxylic acids is 1. The van der Waals surface area contributed by atoms with Crippen LogP contribution in [0.25, 0.3) is 0 Å². The van der Waals surface area contributed by atoms with Crippen molar-refractivity contribution in [3.8, 4) is 0 Å². The summed E-state index contributed by atoms with van der Waals surface area (Å²) in [5, 5.41) is 8.90. The molecule has 0 amide bonds. The van der Waals surface area contributed by atoms with E-state index in [1.807, 2.05) is 0 Å². The molecule has 0 spiro atoms. The third kappa shape index (κ3) is 3.45. The molecule has 0 radical (unpaired) electrons. The first-order chi connectivity index (χ1) is 7.15. The standard InChI is InChI=1S/C10H9BrO4/c11-8-2-1-7(6-15-4-3-12)9(5-8)10(13)14/h1-3,5H,4,6H2,(H,13,14). The third-order valence-electron chi connectivity index (χ3n) is 1.75. The fraction of sp³-hybridized carbons (Fsp3) is 0.200. The monoisotopic (exact) mass is 272 g/mol. The van der Waals surface area contributed by atoms with Crippen molar-refractivity contribution in [2.45, 2.75) is 6.61 Å². The number of rotatable bonds is 5. The predicted octanol–water partition coefficient (Wildman–Crippen LogP) is 1.86. The van der Waals surface area contributed by atoms with Gasteiger partial charge in [-0.25, -0.2) is 4.79 Å². The Kier molecular flexibility index (Phi) is 4.45. The van der Waals surface area contributed by atoms with E-state index in [1.54, 1.807) is 12.1 Å². The van der Waals surface area contributed by atoms with E-state index in [0.717, 1.165) is 0 Å². The average Bonchev–Trinajstić information content (AvgIpc) is 2.20. The molecule has 1 aromatic rings. The van der Waals surface area contributed by atoms with Crippen LogP contribution in [0, 0.1) is 0 Å². The first-order valence-corrected chi connectivity index (χ1v) is 4.97. The fourth-order valence-electron chi connectivity index (χ4n) is 1.09. The number of hydrogen-bond acceptors (Lipinski definition) is 3. The molecule has 0 aliphatic carbocycles. The van der Waals surface area contributed by atoms with Crippen molar-refractivity contribution >= 4 is 28.2 Å². The smallest absolute Gasteiger partial charge is 0.336 e. The number of hydrogen-bond donors (Lipinski definition) is 1. The molecule has 1 rings (SSSR count). The van der Waals surface area contributed by atoms with Crippen LogP contribution < -0.4 is 0 Å². The molecule has 0 aromatic heterocycles. The van der Waals surface area contributed by atoms with Crippen LogP contribution in [0.5, 0.6) is 0 Å². The Labute approximate surface area is 95.0 Å². The van der Waals surface area contributed by atoms with Crippen LogP contribution in [0.4, 0.5) is 0 Å². The number of aromatic carboxylic acids is 1. The van der Waals surface area contributed by atoms with E-state index in [2.05, 4.69) is 15.9 Å². The summed E-state index contributed by atoms with van der Waals surface area (Å²) in [7, 11) is 0. The van der Waals surface area contributed by atoms with E-state index in [1.165, 1.54) is 6.07 Å². The summed E-state index contributed by atoms with van der Waals surface area (Å²) in [4.78, 5) is 20.9. The number of carboxylic acid groups (broad SMARTS) is 1. The minimum Gasteiger partial charge on any atom is -0.478 e. The van der Waals surface area contributed by atoms with Gasteiger partial charge in [0.25, 0.3) is 0 Å². The quantitative estimate of drug-likeness (QED) is 0.657. The van der Waals surface area contributed by atoms with E-state index in [-0.39, 0.29) is 18.8 Å². The normalized spacial score (nSPS) is 9.93. The van der Waals surface area contributed by atoms with Crippen LogP contribution in [-0.4, -0.2) is 24.0 Å². The van der Waals surface area contributed by atoms with Crippen LogP contribution in [-0.2, 0) is 16.1 Å². The fourth-order valence-corrected chi connectivity index (χ4v) is 1.45. The minimum atomic E-state index is -1.01. The van der Waals surface area contributed by atoms with Gasteiger partial charge >= 0.3 is 5.97 Å². The maximum Gasteiger partial charge on any atom is 0.336 e. The molecule has 4 nitrogen and oxygen atoms in total. The number of aldehydes is 1. The second kappa shape index (κ2) is 5.63. The molecule has 0 atom stereocenters. The van der Waals surface area contributed by atoms with Gasteiger partial charge in [-0.15, -0.1) is 0 Å². The second-order valence-electron chi connectivity index (χ2n) is 2.79. The predicted molar refractivity (Wildman–Crippen MR) is 56.8 cm³/mol. The van der Waals surface area contributed by atoms with E-state index < -0.39 is 5.97 Å². The summed E-state index contributed by atoms with van der Waals surface area (Å²) in [6.45, 7) is 0.0861. The Morgan fingerprint density at radius 3 is 2.87 bits per heavy atom. The Hall–Kier alpha value is -1.20. The summed E-state index contributed by atoms with van der Waals surface area (Å²) >= 11 is 3.19. The Morgan fingerprint density at radius 2 is 2.27 bits per heavy atom. The zero-order valence-electron chi connectivity index (χ0n) is 7.77. The molecule has 0 aliphatic rings. The third-order valence-corrected chi connectivity index (χ3v) is 2.24. The number of carbonyl (C=O) groups excluding carboxylic acids is 1. The maximum atomic E-state index is 10.9. The lowest BCUT2D eigenvalue weighted by molar-refractivity contribution is -0.112. The van der Waals surface area contributed by atoms with Crippen LogP contribution in [0.1, 0.15) is 15.9 Å². The molecule has 0 aliphatic heterocycles. The van der Waals surface area contributed by atoms with Crippen molar-refractivity contribution in [2.24, 2.45) is 0 Å². The summed E-state index contributed by atoms with van der Waals surface area (Å²) in [5.41, 5.74) is 0.725. The molecular formula is C10H9BrO4. The molecular weight excluding hydrogens is 264 g/mol. The Morgan fingerprint density at radius 1 is 1.53 bits per heavy atom. The van der Waals surface area contributed by atoms with Gasteiger partial charge < -0.3 is 14.6 Å². The van der Waals surface area contributed by atoms with Crippen molar-refractivity contribution in [1.82, 2.24) is 0 Å². The summed E-state index contributed by atoms with van der Waals surface area (Å²) in [5.74, 6) is -1.01. The molecule has 1 N–H and O–H groups in total. The van der Waals surface area contributed by atoms with E-state index in [0.29, 0.717) is 16.3 Å². The second-order valence-corrected chi connectivity index (χ2v) is 3.70. The van der Waals surface area contributed by atoms with Crippen molar-refractivity contribution < 1.29 is 19.4 Å². The highest BCUT2D eigenvalue weighted by atomic mass is 79.9. The van der Waals surface area contributed by atoms with Crippen LogP contribution in [0.15, 0.2) is 22.7 Å². The first kappa shape index (κ1) is 11.9. The lowest BCUT2D eigenvalue weighted by Gasteiger charge is -2.05. The van der Waals surface area contributed by atoms with Crippen molar-refractivity contribution in [3.05, 3.63) is 33.8 Å². The molecule has 0 bridgehead atoms. The molecule has 0 heterocycles. The molecule has 80 valence electrons. The first-order valence-electron chi connectivity index (χ1n) is 4.18. The van der Waals surface area contributed by atoms with Gasteiger partial charge in [-0.3, -0.25) is 0 Å². The Balaban J connectivity index is 2.85. The summed E-state index contributed by atoms with van der Waals surface area (Å²) in [6.07, 6.45) is 0.624. The largest absolute Gasteiger partial charge is 0.478 e. The van der Waals surface area contributed by atoms with Gasteiger partial charge in [0.05, 0.1) is 12.2 Å². The average molecular weight is 273 g/mol. The number of benzene rings is 1. The topological polar surface area (TPSA) is 63.6 Å².